The van der Waals surface area contributed by atoms with E-state index >= 15 is 0 Å². The molecule has 0 spiro atoms. The monoisotopic (exact) mass is 279 g/mol. The number of methoxy groups -OCH3 is 1. The zero-order valence-corrected chi connectivity index (χ0v) is 12.4. The Balaban J connectivity index is 2.18. The molecule has 0 bridgehead atoms. The Morgan fingerprint density at radius 1 is 1.45 bits per heavy atom. The van der Waals surface area contributed by atoms with Crippen molar-refractivity contribution >= 4 is 11.9 Å². The predicted octanol–water partition coefficient (Wildman–Crippen LogP) is 1.43. The molecule has 6 heteroatoms. The number of carbonyl (C=O) groups excluding carboxylic acids is 1. The van der Waals surface area contributed by atoms with Crippen molar-refractivity contribution in [1.82, 2.24) is 9.97 Å². The molecule has 1 saturated heterocycles. The minimum atomic E-state index is -0.169. The van der Waals surface area contributed by atoms with E-state index in [0.717, 1.165) is 12.2 Å². The maximum Gasteiger partial charge on any atom is 0.310 e. The molecule has 0 amide bonds. The van der Waals surface area contributed by atoms with Crippen LogP contribution in [0.1, 0.15) is 19.5 Å². The Hall–Kier alpha value is -1.85. The molecule has 2 heterocycles. The highest BCUT2D eigenvalue weighted by molar-refractivity contribution is 5.74. The first-order valence-corrected chi connectivity index (χ1v) is 6.86. The number of aryl methyl sites for hydroxylation is 1. The third-order valence-electron chi connectivity index (χ3n) is 3.51. The third-order valence-corrected chi connectivity index (χ3v) is 3.51. The van der Waals surface area contributed by atoms with E-state index in [-0.39, 0.29) is 17.8 Å². The molecule has 2 atom stereocenters. The van der Waals surface area contributed by atoms with Crippen molar-refractivity contribution in [3.05, 3.63) is 11.8 Å². The van der Waals surface area contributed by atoms with E-state index in [0.29, 0.717) is 25.0 Å². The number of rotatable bonds is 4. The standard InChI is InChI=1S/C14H21N3O3/c1-5-20-12-6-10(3)15-14(16-12)17-7-9(2)11(8-17)13(18)19-4/h6,9,11H,5,7-8H2,1-4H3. The lowest BCUT2D eigenvalue weighted by atomic mass is 9.99. The molecule has 0 aliphatic carbocycles. The van der Waals surface area contributed by atoms with Gasteiger partial charge in [0.2, 0.25) is 11.8 Å². The van der Waals surface area contributed by atoms with Gasteiger partial charge in [0.15, 0.2) is 0 Å². The third kappa shape index (κ3) is 3.00. The van der Waals surface area contributed by atoms with Gasteiger partial charge in [0.25, 0.3) is 0 Å². The van der Waals surface area contributed by atoms with Gasteiger partial charge < -0.3 is 14.4 Å². The van der Waals surface area contributed by atoms with Gasteiger partial charge >= 0.3 is 5.97 Å². The Bertz CT molecular complexity index is 493. The van der Waals surface area contributed by atoms with E-state index in [9.17, 15) is 4.79 Å². The van der Waals surface area contributed by atoms with Gasteiger partial charge in [-0.2, -0.15) is 4.98 Å². The second kappa shape index (κ2) is 6.07. The summed E-state index contributed by atoms with van der Waals surface area (Å²) in [7, 11) is 1.42. The molecule has 0 radical (unpaired) electrons. The first kappa shape index (κ1) is 14.6. The molecule has 6 nitrogen and oxygen atoms in total. The predicted molar refractivity (Wildman–Crippen MR) is 74.8 cm³/mol. The number of hydrogen-bond acceptors (Lipinski definition) is 6. The maximum absolute atomic E-state index is 11.7. The lowest BCUT2D eigenvalue weighted by Gasteiger charge is -2.17. The number of anilines is 1. The molecule has 1 aliphatic heterocycles. The van der Waals surface area contributed by atoms with Gasteiger partial charge in [0.1, 0.15) is 0 Å². The van der Waals surface area contributed by atoms with Crippen LogP contribution in [0.25, 0.3) is 0 Å². The van der Waals surface area contributed by atoms with Crippen molar-refractivity contribution in [2.24, 2.45) is 11.8 Å². The molecular formula is C14H21N3O3. The number of carbonyl (C=O) groups is 1. The second-order valence-corrected chi connectivity index (χ2v) is 5.09. The Morgan fingerprint density at radius 2 is 2.20 bits per heavy atom. The van der Waals surface area contributed by atoms with E-state index in [1.54, 1.807) is 0 Å². The van der Waals surface area contributed by atoms with E-state index in [4.69, 9.17) is 9.47 Å². The number of esters is 1. The van der Waals surface area contributed by atoms with Crippen LogP contribution in [0, 0.1) is 18.8 Å². The fourth-order valence-corrected chi connectivity index (χ4v) is 2.48. The van der Waals surface area contributed by atoms with Gasteiger partial charge in [-0.25, -0.2) is 4.98 Å². The minimum absolute atomic E-state index is 0.125. The Labute approximate surface area is 119 Å². The highest BCUT2D eigenvalue weighted by Crippen LogP contribution is 2.28. The molecular weight excluding hydrogens is 258 g/mol. The molecule has 110 valence electrons. The minimum Gasteiger partial charge on any atom is -0.478 e. The zero-order valence-electron chi connectivity index (χ0n) is 12.4. The fraction of sp³-hybridized carbons (Fsp3) is 0.643. The molecule has 1 aromatic rings. The van der Waals surface area contributed by atoms with Crippen molar-refractivity contribution in [3.8, 4) is 5.88 Å². The molecule has 20 heavy (non-hydrogen) atoms. The number of aromatic nitrogens is 2. The fourth-order valence-electron chi connectivity index (χ4n) is 2.48. The summed E-state index contributed by atoms with van der Waals surface area (Å²) in [5.74, 6) is 1.12. The van der Waals surface area contributed by atoms with Crippen LogP contribution in [0.3, 0.4) is 0 Å². The molecule has 0 saturated carbocycles. The van der Waals surface area contributed by atoms with Crippen molar-refractivity contribution < 1.29 is 14.3 Å². The molecule has 1 fully saturated rings. The lowest BCUT2D eigenvalue weighted by Crippen LogP contribution is -2.25. The largest absolute Gasteiger partial charge is 0.478 e. The van der Waals surface area contributed by atoms with Crippen LogP contribution in [0.4, 0.5) is 5.95 Å². The molecule has 0 aromatic carbocycles. The van der Waals surface area contributed by atoms with Crippen LogP contribution >= 0.6 is 0 Å². The quantitative estimate of drug-likeness (QED) is 0.777. The van der Waals surface area contributed by atoms with E-state index in [2.05, 4.69) is 9.97 Å². The van der Waals surface area contributed by atoms with Crippen molar-refractivity contribution in [3.63, 3.8) is 0 Å². The summed E-state index contributed by atoms with van der Waals surface area (Å²) < 4.78 is 10.3. The average molecular weight is 279 g/mol. The summed E-state index contributed by atoms with van der Waals surface area (Å²) in [5, 5.41) is 0. The van der Waals surface area contributed by atoms with Crippen LogP contribution < -0.4 is 9.64 Å². The van der Waals surface area contributed by atoms with Gasteiger partial charge in [-0.1, -0.05) is 6.92 Å². The summed E-state index contributed by atoms with van der Waals surface area (Å²) in [6.07, 6.45) is 0. The smallest absolute Gasteiger partial charge is 0.310 e. The Morgan fingerprint density at radius 3 is 2.85 bits per heavy atom. The average Bonchev–Trinajstić information content (AvgIpc) is 2.80. The van der Waals surface area contributed by atoms with Gasteiger partial charge in [0, 0.05) is 24.8 Å². The molecule has 2 rings (SSSR count). The first-order valence-electron chi connectivity index (χ1n) is 6.86. The van der Waals surface area contributed by atoms with Crippen molar-refractivity contribution in [1.29, 1.82) is 0 Å². The zero-order chi connectivity index (χ0) is 14.7. The normalized spacial score (nSPS) is 21.9. The van der Waals surface area contributed by atoms with Gasteiger partial charge in [-0.05, 0) is 19.8 Å². The van der Waals surface area contributed by atoms with E-state index in [1.807, 2.05) is 31.7 Å². The summed E-state index contributed by atoms with van der Waals surface area (Å²) in [6, 6.07) is 1.81. The summed E-state index contributed by atoms with van der Waals surface area (Å²) in [5.41, 5.74) is 0.854. The molecule has 0 N–H and O–H groups in total. The number of nitrogens with zero attached hydrogens (tertiary/aromatic N) is 3. The number of hydrogen-bond donors (Lipinski definition) is 0. The molecule has 2 unspecified atom stereocenters. The van der Waals surface area contributed by atoms with E-state index < -0.39 is 0 Å². The highest BCUT2D eigenvalue weighted by atomic mass is 16.5. The maximum atomic E-state index is 11.7. The topological polar surface area (TPSA) is 64.5 Å². The summed E-state index contributed by atoms with van der Waals surface area (Å²) >= 11 is 0. The number of ether oxygens (including phenoxy) is 2. The molecule has 1 aliphatic rings. The summed E-state index contributed by atoms with van der Waals surface area (Å²) in [4.78, 5) is 22.6. The van der Waals surface area contributed by atoms with Crippen molar-refractivity contribution in [2.45, 2.75) is 20.8 Å². The van der Waals surface area contributed by atoms with Gasteiger partial charge in [0.05, 0.1) is 19.6 Å². The lowest BCUT2D eigenvalue weighted by molar-refractivity contribution is -0.145. The van der Waals surface area contributed by atoms with Crippen molar-refractivity contribution in [2.75, 3.05) is 31.7 Å². The van der Waals surface area contributed by atoms with Gasteiger partial charge in [-0.3, -0.25) is 4.79 Å². The summed E-state index contributed by atoms with van der Waals surface area (Å²) in [6.45, 7) is 7.77. The van der Waals surface area contributed by atoms with Gasteiger partial charge in [-0.15, -0.1) is 0 Å². The molecule has 1 aromatic heterocycles. The highest BCUT2D eigenvalue weighted by Gasteiger charge is 2.36. The Kier molecular flexibility index (Phi) is 4.42. The second-order valence-electron chi connectivity index (χ2n) is 5.09. The van der Waals surface area contributed by atoms with Crippen LogP contribution in [0.2, 0.25) is 0 Å². The first-order chi connectivity index (χ1) is 9.55. The van der Waals surface area contributed by atoms with Crippen LogP contribution in [0.5, 0.6) is 5.88 Å². The van der Waals surface area contributed by atoms with E-state index in [1.165, 1.54) is 7.11 Å². The van der Waals surface area contributed by atoms with Crippen LogP contribution in [-0.4, -0.2) is 42.7 Å². The van der Waals surface area contributed by atoms with Crippen LogP contribution in [0.15, 0.2) is 6.07 Å². The van der Waals surface area contributed by atoms with Crippen LogP contribution in [-0.2, 0) is 9.53 Å². The SMILES string of the molecule is CCOc1cc(C)nc(N2CC(C)C(C(=O)OC)C2)n1.